The summed E-state index contributed by atoms with van der Waals surface area (Å²) in [5, 5.41) is 43.9. The Labute approximate surface area is 157 Å². The van der Waals surface area contributed by atoms with Crippen LogP contribution in [0.5, 0.6) is 0 Å². The number of carboxylic acid groups (broad SMARTS) is 4. The summed E-state index contributed by atoms with van der Waals surface area (Å²) in [5.74, 6) is -4.99. The number of hydrogen-bond donors (Lipinski definition) is 6. The number of carbonyl (C=O) groups is 4. The van der Waals surface area contributed by atoms with Gasteiger partial charge >= 0.3 is 23.9 Å². The SMILES string of the molecule is N#CSN=C(N)N.O=C(O)CN(CCN(CC(=O)O)CC(=O)O)CC(=O)O. The number of nitriles is 1. The quantitative estimate of drug-likeness (QED) is 0.0833. The maximum atomic E-state index is 10.6. The highest BCUT2D eigenvalue weighted by Gasteiger charge is 2.17. The molecule has 0 aromatic heterocycles. The highest BCUT2D eigenvalue weighted by molar-refractivity contribution is 8.02. The number of guanidine groups is 1. The van der Waals surface area contributed by atoms with Gasteiger partial charge in [-0.1, -0.05) is 0 Å². The first-order valence-corrected chi connectivity index (χ1v) is 7.71. The zero-order valence-corrected chi connectivity index (χ0v) is 14.8. The van der Waals surface area contributed by atoms with E-state index in [4.69, 9.17) is 37.2 Å². The molecule has 0 unspecified atom stereocenters. The van der Waals surface area contributed by atoms with Gasteiger partial charge < -0.3 is 31.9 Å². The zero-order valence-electron chi connectivity index (χ0n) is 14.0. The number of aliphatic carboxylic acids is 4. The Bertz CT molecular complexity index is 521. The summed E-state index contributed by atoms with van der Waals surface area (Å²) in [6, 6.07) is 0. The summed E-state index contributed by atoms with van der Waals surface area (Å²) in [7, 11) is 0. The first kappa shape index (κ1) is 26.1. The van der Waals surface area contributed by atoms with Gasteiger partial charge in [-0.25, -0.2) is 0 Å². The molecule has 0 aromatic carbocycles. The molecule has 0 aliphatic carbocycles. The second-order valence-electron chi connectivity index (χ2n) is 4.69. The molecule has 0 bridgehead atoms. The molecule has 0 aliphatic rings. The van der Waals surface area contributed by atoms with E-state index >= 15 is 0 Å². The fourth-order valence-electron chi connectivity index (χ4n) is 1.55. The van der Waals surface area contributed by atoms with Gasteiger partial charge in [-0.2, -0.15) is 9.66 Å². The van der Waals surface area contributed by atoms with Crippen molar-refractivity contribution in [1.29, 1.82) is 5.26 Å². The maximum Gasteiger partial charge on any atom is 0.317 e. The third-order valence-corrected chi connectivity index (χ3v) is 2.74. The predicted octanol–water partition coefficient (Wildman–Crippen LogP) is -2.68. The third-order valence-electron chi connectivity index (χ3n) is 2.36. The van der Waals surface area contributed by atoms with Gasteiger partial charge in [0.1, 0.15) is 0 Å². The summed E-state index contributed by atoms with van der Waals surface area (Å²) in [6.45, 7) is -2.25. The van der Waals surface area contributed by atoms with Crippen LogP contribution < -0.4 is 11.5 Å². The molecule has 0 amide bonds. The molecule has 0 rings (SSSR count). The van der Waals surface area contributed by atoms with E-state index in [2.05, 4.69) is 4.40 Å². The first-order chi connectivity index (χ1) is 12.5. The average Bonchev–Trinajstić information content (AvgIpc) is 2.48. The Morgan fingerprint density at radius 3 is 1.26 bits per heavy atom. The van der Waals surface area contributed by atoms with Gasteiger partial charge in [0.15, 0.2) is 11.4 Å². The van der Waals surface area contributed by atoms with Crippen LogP contribution in [0.4, 0.5) is 0 Å². The Hall–Kier alpha value is -3.09. The molecule has 0 atom stereocenters. The molecule has 8 N–H and O–H groups in total. The largest absolute Gasteiger partial charge is 0.480 e. The van der Waals surface area contributed by atoms with Gasteiger partial charge in [-0.3, -0.25) is 29.0 Å². The van der Waals surface area contributed by atoms with Crippen LogP contribution in [0.15, 0.2) is 4.40 Å². The average molecular weight is 408 g/mol. The number of rotatable bonds is 12. The lowest BCUT2D eigenvalue weighted by Gasteiger charge is -2.23. The van der Waals surface area contributed by atoms with Gasteiger partial charge in [0.25, 0.3) is 0 Å². The summed E-state index contributed by atoms with van der Waals surface area (Å²) in [4.78, 5) is 44.4. The van der Waals surface area contributed by atoms with Crippen molar-refractivity contribution in [3.05, 3.63) is 0 Å². The molecule has 15 heteroatoms. The number of carboxylic acids is 4. The predicted molar refractivity (Wildman–Crippen MR) is 92.4 cm³/mol. The highest BCUT2D eigenvalue weighted by atomic mass is 32.2. The molecule has 14 nitrogen and oxygen atoms in total. The maximum absolute atomic E-state index is 10.6. The van der Waals surface area contributed by atoms with E-state index in [9.17, 15) is 19.2 Å². The lowest BCUT2D eigenvalue weighted by Crippen LogP contribution is -2.43. The normalized spacial score (nSPS) is 9.67. The van der Waals surface area contributed by atoms with Crippen molar-refractivity contribution in [3.63, 3.8) is 0 Å². The topological polar surface area (TPSA) is 244 Å². The van der Waals surface area contributed by atoms with E-state index in [1.165, 1.54) is 0 Å². The minimum atomic E-state index is -1.23. The third kappa shape index (κ3) is 20.9. The van der Waals surface area contributed by atoms with Crippen molar-refractivity contribution in [2.45, 2.75) is 0 Å². The molecule has 0 aliphatic heterocycles. The van der Waals surface area contributed by atoms with Crippen molar-refractivity contribution in [2.75, 3.05) is 39.3 Å². The van der Waals surface area contributed by atoms with Crippen LogP contribution in [0.25, 0.3) is 0 Å². The van der Waals surface area contributed by atoms with Crippen LogP contribution >= 0.6 is 11.9 Å². The zero-order chi connectivity index (χ0) is 21.4. The van der Waals surface area contributed by atoms with Gasteiger partial charge in [0.05, 0.1) is 38.1 Å². The van der Waals surface area contributed by atoms with Crippen LogP contribution in [-0.4, -0.2) is 99.3 Å². The summed E-state index contributed by atoms with van der Waals surface area (Å²) < 4.78 is 3.27. The van der Waals surface area contributed by atoms with Crippen LogP contribution in [0.2, 0.25) is 0 Å². The van der Waals surface area contributed by atoms with E-state index in [1.807, 2.05) is 0 Å². The van der Waals surface area contributed by atoms with Crippen molar-refractivity contribution in [3.8, 4) is 5.40 Å². The van der Waals surface area contributed by atoms with Crippen LogP contribution in [0.1, 0.15) is 0 Å². The number of thiocyanates is 1. The smallest absolute Gasteiger partial charge is 0.317 e. The molecular weight excluding hydrogens is 388 g/mol. The number of hydrogen-bond acceptors (Lipinski definition) is 9. The monoisotopic (exact) mass is 408 g/mol. The van der Waals surface area contributed by atoms with Crippen molar-refractivity contribution >= 4 is 41.8 Å². The fourth-order valence-corrected chi connectivity index (χ4v) is 1.70. The van der Waals surface area contributed by atoms with Crippen molar-refractivity contribution in [1.82, 2.24) is 9.80 Å². The Kier molecular flexibility index (Phi) is 14.7. The van der Waals surface area contributed by atoms with Gasteiger partial charge in [0, 0.05) is 13.1 Å². The minimum absolute atomic E-state index is 0.0703. The van der Waals surface area contributed by atoms with Gasteiger partial charge in [-0.15, -0.1) is 0 Å². The summed E-state index contributed by atoms with van der Waals surface area (Å²) >= 11 is 0.660. The van der Waals surface area contributed by atoms with Gasteiger partial charge in [0.2, 0.25) is 0 Å². The standard InChI is InChI=1S/C10H16N2O8.C2H4N4S/c13-7(14)3-11(4-8(15)16)1-2-12(5-9(17)18)6-10(19)20;3-1-7-6-2(4)5/h1-6H2,(H,13,14)(H,15,16)(H,17,18)(H,19,20);(H4,4,5,6). The Morgan fingerprint density at radius 2 is 1.11 bits per heavy atom. The lowest BCUT2D eigenvalue weighted by atomic mass is 10.4. The van der Waals surface area contributed by atoms with Crippen molar-refractivity contribution in [2.24, 2.45) is 15.9 Å². The Morgan fingerprint density at radius 1 is 0.815 bits per heavy atom. The van der Waals surface area contributed by atoms with E-state index in [0.717, 1.165) is 9.80 Å². The highest BCUT2D eigenvalue weighted by Crippen LogP contribution is 1.94. The summed E-state index contributed by atoms with van der Waals surface area (Å²) in [5.41, 5.74) is 9.67. The molecule has 0 saturated carbocycles. The molecular formula is C12H20N6O8S. The first-order valence-electron chi connectivity index (χ1n) is 6.93. The van der Waals surface area contributed by atoms with E-state index < -0.39 is 50.1 Å². The molecule has 27 heavy (non-hydrogen) atoms. The van der Waals surface area contributed by atoms with Crippen LogP contribution in [-0.2, 0) is 19.2 Å². The number of nitrogens with zero attached hydrogens (tertiary/aromatic N) is 4. The number of nitrogens with two attached hydrogens (primary N) is 2. The molecule has 0 heterocycles. The Balaban J connectivity index is 0. The van der Waals surface area contributed by atoms with E-state index in [0.29, 0.717) is 11.9 Å². The minimum Gasteiger partial charge on any atom is -0.480 e. The fraction of sp³-hybridized carbons (Fsp3) is 0.500. The molecule has 0 saturated heterocycles. The summed E-state index contributed by atoms with van der Waals surface area (Å²) in [6.07, 6.45) is 0. The second kappa shape index (κ2) is 15.2. The van der Waals surface area contributed by atoms with E-state index in [1.54, 1.807) is 5.40 Å². The molecule has 0 spiro atoms. The van der Waals surface area contributed by atoms with Crippen LogP contribution in [0, 0.1) is 10.7 Å². The molecule has 0 aromatic rings. The molecule has 0 radical (unpaired) electrons. The van der Waals surface area contributed by atoms with Crippen molar-refractivity contribution < 1.29 is 39.6 Å². The lowest BCUT2D eigenvalue weighted by molar-refractivity contribution is -0.145. The van der Waals surface area contributed by atoms with Gasteiger partial charge in [-0.05, 0) is 0 Å². The van der Waals surface area contributed by atoms with Crippen LogP contribution in [0.3, 0.4) is 0 Å². The second-order valence-corrected chi connectivity index (χ2v) is 5.24. The van der Waals surface area contributed by atoms with E-state index in [-0.39, 0.29) is 19.0 Å². The molecule has 0 fully saturated rings. The molecule has 152 valence electrons.